The number of nitrogens with zero attached hydrogens (tertiary/aromatic N) is 2. The molecule has 0 saturated heterocycles. The van der Waals surface area contributed by atoms with Crippen molar-refractivity contribution in [1.82, 2.24) is 20.1 Å². The van der Waals surface area contributed by atoms with Crippen molar-refractivity contribution in [3.63, 3.8) is 0 Å². The summed E-state index contributed by atoms with van der Waals surface area (Å²) in [6.45, 7) is 5.64. The number of amides is 1. The van der Waals surface area contributed by atoms with Gasteiger partial charge in [-0.1, -0.05) is 13.8 Å². The second-order valence-corrected chi connectivity index (χ2v) is 5.53. The number of carbonyl (C=O) groups is 1. The van der Waals surface area contributed by atoms with E-state index >= 15 is 0 Å². The van der Waals surface area contributed by atoms with Gasteiger partial charge in [0.1, 0.15) is 0 Å². The highest BCUT2D eigenvalue weighted by Gasteiger charge is 2.18. The maximum Gasteiger partial charge on any atom is 0.274 e. The van der Waals surface area contributed by atoms with Gasteiger partial charge in [0.25, 0.3) is 11.5 Å². The molecule has 2 rings (SSSR count). The van der Waals surface area contributed by atoms with Gasteiger partial charge >= 0.3 is 0 Å². The highest BCUT2D eigenvalue weighted by atomic mass is 16.3. The molecular formula is C14H20N4O3. The monoisotopic (exact) mass is 292 g/mol. The van der Waals surface area contributed by atoms with Gasteiger partial charge < -0.3 is 10.4 Å². The SMILES string of the molecule is Cc1cc(C(=O)NCC(O)C(C)C)c2c(=O)[nH]n(C)c2n1. The molecule has 0 aromatic carbocycles. The number of aromatic nitrogens is 3. The number of hydrogen-bond donors (Lipinski definition) is 3. The van der Waals surface area contributed by atoms with Crippen LogP contribution >= 0.6 is 0 Å². The Morgan fingerprint density at radius 3 is 2.81 bits per heavy atom. The van der Waals surface area contributed by atoms with Crippen molar-refractivity contribution in [2.24, 2.45) is 13.0 Å². The van der Waals surface area contributed by atoms with Crippen molar-refractivity contribution in [2.75, 3.05) is 6.54 Å². The fourth-order valence-corrected chi connectivity index (χ4v) is 2.09. The first-order valence-electron chi connectivity index (χ1n) is 6.84. The molecule has 1 amide bonds. The summed E-state index contributed by atoms with van der Waals surface area (Å²) >= 11 is 0. The lowest BCUT2D eigenvalue weighted by Gasteiger charge is -2.15. The van der Waals surface area contributed by atoms with Gasteiger partial charge in [0.05, 0.1) is 17.1 Å². The summed E-state index contributed by atoms with van der Waals surface area (Å²) in [6, 6.07) is 1.58. The van der Waals surface area contributed by atoms with Crippen LogP contribution in [-0.4, -0.2) is 38.4 Å². The van der Waals surface area contributed by atoms with E-state index in [1.165, 1.54) is 4.68 Å². The summed E-state index contributed by atoms with van der Waals surface area (Å²) < 4.78 is 1.49. The van der Waals surface area contributed by atoms with Crippen LogP contribution in [0.4, 0.5) is 0 Å². The Morgan fingerprint density at radius 2 is 2.19 bits per heavy atom. The number of pyridine rings is 1. The van der Waals surface area contributed by atoms with Gasteiger partial charge in [-0.25, -0.2) is 4.98 Å². The zero-order chi connectivity index (χ0) is 15.7. The first-order chi connectivity index (χ1) is 9.81. The predicted molar refractivity (Wildman–Crippen MR) is 79.2 cm³/mol. The van der Waals surface area contributed by atoms with Gasteiger partial charge in [-0.15, -0.1) is 0 Å². The lowest BCUT2D eigenvalue weighted by Crippen LogP contribution is -2.35. The Bertz CT molecular complexity index is 730. The van der Waals surface area contributed by atoms with E-state index in [2.05, 4.69) is 15.4 Å². The van der Waals surface area contributed by atoms with Crippen LogP contribution in [-0.2, 0) is 7.05 Å². The number of aromatic amines is 1. The van der Waals surface area contributed by atoms with E-state index in [0.717, 1.165) is 0 Å². The summed E-state index contributed by atoms with van der Waals surface area (Å²) in [4.78, 5) is 28.5. The number of aryl methyl sites for hydroxylation is 2. The molecule has 1 atom stereocenters. The third kappa shape index (κ3) is 2.97. The van der Waals surface area contributed by atoms with Gasteiger partial charge in [-0.05, 0) is 18.9 Å². The molecule has 2 aromatic heterocycles. The van der Waals surface area contributed by atoms with Crippen LogP contribution in [0, 0.1) is 12.8 Å². The highest BCUT2D eigenvalue weighted by molar-refractivity contribution is 6.05. The smallest absolute Gasteiger partial charge is 0.274 e. The van der Waals surface area contributed by atoms with E-state index < -0.39 is 6.10 Å². The number of rotatable bonds is 4. The van der Waals surface area contributed by atoms with Crippen LogP contribution in [0.3, 0.4) is 0 Å². The molecule has 7 heteroatoms. The number of fused-ring (bicyclic) bond motifs is 1. The van der Waals surface area contributed by atoms with Crippen molar-refractivity contribution in [3.8, 4) is 0 Å². The van der Waals surface area contributed by atoms with Gasteiger partial charge in [0.2, 0.25) is 0 Å². The summed E-state index contributed by atoms with van der Waals surface area (Å²) in [7, 11) is 1.67. The minimum absolute atomic E-state index is 0.0459. The number of nitrogens with one attached hydrogen (secondary N) is 2. The standard InChI is InChI=1S/C14H20N4O3/c1-7(2)10(19)6-15-13(20)9-5-8(3)16-12-11(9)14(21)17-18(12)4/h5,7,10,19H,6H2,1-4H3,(H,15,20)(H,17,21). The Morgan fingerprint density at radius 1 is 1.52 bits per heavy atom. The van der Waals surface area contributed by atoms with E-state index in [9.17, 15) is 14.7 Å². The van der Waals surface area contributed by atoms with Gasteiger partial charge in [0, 0.05) is 19.3 Å². The number of hydrogen-bond acceptors (Lipinski definition) is 4. The van der Waals surface area contributed by atoms with Crippen LogP contribution in [0.1, 0.15) is 29.9 Å². The zero-order valence-corrected chi connectivity index (χ0v) is 12.6. The maximum atomic E-state index is 12.3. The van der Waals surface area contributed by atoms with Crippen LogP contribution in [0.5, 0.6) is 0 Å². The Hall–Kier alpha value is -2.15. The summed E-state index contributed by atoms with van der Waals surface area (Å²) in [5.41, 5.74) is 1.01. The molecule has 0 spiro atoms. The summed E-state index contributed by atoms with van der Waals surface area (Å²) in [6.07, 6.45) is -0.624. The molecule has 2 aromatic rings. The molecule has 3 N–H and O–H groups in total. The number of aliphatic hydroxyl groups excluding tert-OH is 1. The number of carbonyl (C=O) groups excluding carboxylic acids is 1. The molecule has 0 fully saturated rings. The first-order valence-corrected chi connectivity index (χ1v) is 6.84. The van der Waals surface area contributed by atoms with Crippen molar-refractivity contribution in [2.45, 2.75) is 26.9 Å². The largest absolute Gasteiger partial charge is 0.391 e. The lowest BCUT2D eigenvalue weighted by atomic mass is 10.1. The minimum atomic E-state index is -0.624. The molecule has 0 saturated carbocycles. The predicted octanol–water partition coefficient (Wildman–Crippen LogP) is 0.317. The molecule has 21 heavy (non-hydrogen) atoms. The summed E-state index contributed by atoms with van der Waals surface area (Å²) in [5, 5.41) is 15.3. The average molecular weight is 292 g/mol. The number of H-pyrrole nitrogens is 1. The van der Waals surface area contributed by atoms with E-state index in [1.807, 2.05) is 13.8 Å². The molecular weight excluding hydrogens is 272 g/mol. The fourth-order valence-electron chi connectivity index (χ4n) is 2.09. The van der Waals surface area contributed by atoms with Crippen LogP contribution in [0.2, 0.25) is 0 Å². The molecule has 0 aliphatic rings. The van der Waals surface area contributed by atoms with Gasteiger partial charge in [-0.3, -0.25) is 19.4 Å². The fraction of sp³-hybridized carbons (Fsp3) is 0.500. The topological polar surface area (TPSA) is 100 Å². The van der Waals surface area contributed by atoms with E-state index in [1.54, 1.807) is 20.0 Å². The van der Waals surface area contributed by atoms with Crippen molar-refractivity contribution < 1.29 is 9.90 Å². The van der Waals surface area contributed by atoms with Crippen molar-refractivity contribution in [1.29, 1.82) is 0 Å². The molecule has 1 unspecified atom stereocenters. The molecule has 0 radical (unpaired) electrons. The van der Waals surface area contributed by atoms with Crippen LogP contribution in [0.25, 0.3) is 11.0 Å². The van der Waals surface area contributed by atoms with Crippen LogP contribution < -0.4 is 10.9 Å². The first kappa shape index (κ1) is 15.2. The quantitative estimate of drug-likeness (QED) is 0.755. The molecule has 114 valence electrons. The maximum absolute atomic E-state index is 12.3. The molecule has 0 aliphatic carbocycles. The normalized spacial score (nSPS) is 12.9. The second kappa shape index (κ2) is 5.69. The van der Waals surface area contributed by atoms with E-state index in [4.69, 9.17) is 0 Å². The molecule has 2 heterocycles. The Kier molecular flexibility index (Phi) is 4.13. The van der Waals surface area contributed by atoms with Gasteiger partial charge in [-0.2, -0.15) is 0 Å². The van der Waals surface area contributed by atoms with E-state index in [0.29, 0.717) is 11.3 Å². The van der Waals surface area contributed by atoms with Crippen LogP contribution in [0.15, 0.2) is 10.9 Å². The Labute approximate surface area is 122 Å². The molecule has 0 bridgehead atoms. The average Bonchev–Trinajstić information content (AvgIpc) is 2.69. The third-order valence-corrected chi connectivity index (χ3v) is 3.43. The second-order valence-electron chi connectivity index (χ2n) is 5.53. The van der Waals surface area contributed by atoms with E-state index in [-0.39, 0.29) is 34.9 Å². The van der Waals surface area contributed by atoms with Crippen molar-refractivity contribution in [3.05, 3.63) is 27.7 Å². The minimum Gasteiger partial charge on any atom is -0.391 e. The third-order valence-electron chi connectivity index (χ3n) is 3.43. The Balaban J connectivity index is 2.37. The highest BCUT2D eigenvalue weighted by Crippen LogP contribution is 2.14. The molecule has 7 nitrogen and oxygen atoms in total. The molecule has 0 aliphatic heterocycles. The number of aliphatic hydroxyl groups is 1. The van der Waals surface area contributed by atoms with Gasteiger partial charge in [0.15, 0.2) is 5.65 Å². The lowest BCUT2D eigenvalue weighted by molar-refractivity contribution is 0.0873. The summed E-state index contributed by atoms with van der Waals surface area (Å²) in [5.74, 6) is -0.341. The van der Waals surface area contributed by atoms with Crippen molar-refractivity contribution >= 4 is 16.9 Å². The zero-order valence-electron chi connectivity index (χ0n) is 12.6.